The van der Waals surface area contributed by atoms with Crippen molar-refractivity contribution >= 4 is 29.1 Å². The fraction of sp³-hybridized carbons (Fsp3) is 0.300. The molecule has 10 heteroatoms. The molecule has 0 spiro atoms. The summed E-state index contributed by atoms with van der Waals surface area (Å²) in [7, 11) is 1.51. The van der Waals surface area contributed by atoms with Crippen LogP contribution in [0.5, 0.6) is 11.5 Å². The summed E-state index contributed by atoms with van der Waals surface area (Å²) in [6.07, 6.45) is -4.71. The average molecular weight is 445 g/mol. The van der Waals surface area contributed by atoms with Crippen LogP contribution in [0.2, 0.25) is 5.02 Å². The minimum Gasteiger partial charge on any atom is -0.497 e. The molecule has 30 heavy (non-hydrogen) atoms. The van der Waals surface area contributed by atoms with Gasteiger partial charge in [0.1, 0.15) is 11.5 Å². The van der Waals surface area contributed by atoms with E-state index in [1.165, 1.54) is 32.2 Å². The van der Waals surface area contributed by atoms with Gasteiger partial charge in [-0.15, -0.1) is 0 Å². The number of halogens is 4. The van der Waals surface area contributed by atoms with Crippen molar-refractivity contribution in [2.45, 2.75) is 25.6 Å². The lowest BCUT2D eigenvalue weighted by Crippen LogP contribution is -2.30. The van der Waals surface area contributed by atoms with E-state index >= 15 is 0 Å². The quantitative estimate of drug-likeness (QED) is 0.628. The van der Waals surface area contributed by atoms with Crippen LogP contribution >= 0.6 is 11.6 Å². The lowest BCUT2D eigenvalue weighted by atomic mass is 10.0. The molecule has 2 aromatic rings. The number of carbonyl (C=O) groups is 2. The zero-order valence-electron chi connectivity index (χ0n) is 16.2. The van der Waals surface area contributed by atoms with Gasteiger partial charge in [-0.25, -0.2) is 0 Å². The van der Waals surface area contributed by atoms with Crippen LogP contribution in [0.3, 0.4) is 0 Å². The standard InChI is InChI=1S/C20H20ClF3N2O4/c1-12(27)25-16(13-3-6-15(29-2)7-4-13)10-19(28)26-17-9-14(21)5-8-18(17)30-11-20(22,23)24/h3-9,16H,10-11H2,1-2H3,(H,25,27)(H,26,28). The number of nitrogens with one attached hydrogen (secondary N) is 2. The maximum absolute atomic E-state index is 12.6. The summed E-state index contributed by atoms with van der Waals surface area (Å²) in [6.45, 7) is -0.202. The van der Waals surface area contributed by atoms with Crippen molar-refractivity contribution in [1.82, 2.24) is 5.32 Å². The summed E-state index contributed by atoms with van der Waals surface area (Å²) in [6, 6.07) is 9.97. The van der Waals surface area contributed by atoms with Gasteiger partial charge in [-0.05, 0) is 35.9 Å². The highest BCUT2D eigenvalue weighted by Crippen LogP contribution is 2.30. The van der Waals surface area contributed by atoms with Crippen LogP contribution in [0.1, 0.15) is 24.9 Å². The van der Waals surface area contributed by atoms with Gasteiger partial charge < -0.3 is 20.1 Å². The summed E-state index contributed by atoms with van der Waals surface area (Å²) in [4.78, 5) is 24.1. The Morgan fingerprint density at radius 2 is 1.80 bits per heavy atom. The highest BCUT2D eigenvalue weighted by molar-refractivity contribution is 6.31. The van der Waals surface area contributed by atoms with E-state index in [9.17, 15) is 22.8 Å². The van der Waals surface area contributed by atoms with Crippen molar-refractivity contribution in [3.8, 4) is 11.5 Å². The third-order valence-electron chi connectivity index (χ3n) is 3.89. The molecule has 0 aromatic heterocycles. The Morgan fingerprint density at radius 3 is 2.37 bits per heavy atom. The average Bonchev–Trinajstić information content (AvgIpc) is 2.66. The molecule has 0 aliphatic heterocycles. The van der Waals surface area contributed by atoms with Crippen molar-refractivity contribution in [2.75, 3.05) is 19.0 Å². The van der Waals surface area contributed by atoms with E-state index in [1.54, 1.807) is 24.3 Å². The third-order valence-corrected chi connectivity index (χ3v) is 4.13. The maximum Gasteiger partial charge on any atom is 0.422 e. The first kappa shape index (κ1) is 23.3. The van der Waals surface area contributed by atoms with Gasteiger partial charge in [-0.1, -0.05) is 23.7 Å². The Balaban J connectivity index is 2.16. The van der Waals surface area contributed by atoms with Crippen molar-refractivity contribution in [3.05, 3.63) is 53.1 Å². The first-order chi connectivity index (χ1) is 14.1. The Kier molecular flexibility index (Phi) is 7.93. The summed E-state index contributed by atoms with van der Waals surface area (Å²) in [5.74, 6) is -0.468. The highest BCUT2D eigenvalue weighted by atomic mass is 35.5. The zero-order chi connectivity index (χ0) is 22.3. The second-order valence-corrected chi connectivity index (χ2v) is 6.76. The van der Waals surface area contributed by atoms with Gasteiger partial charge in [0.25, 0.3) is 0 Å². The van der Waals surface area contributed by atoms with Crippen molar-refractivity contribution < 1.29 is 32.2 Å². The minimum atomic E-state index is -4.54. The topological polar surface area (TPSA) is 76.7 Å². The molecule has 2 rings (SSSR count). The van der Waals surface area contributed by atoms with Gasteiger partial charge in [0.2, 0.25) is 11.8 Å². The lowest BCUT2D eigenvalue weighted by molar-refractivity contribution is -0.153. The molecule has 2 aromatic carbocycles. The van der Waals surface area contributed by atoms with E-state index in [4.69, 9.17) is 21.1 Å². The maximum atomic E-state index is 12.6. The van der Waals surface area contributed by atoms with Gasteiger partial charge >= 0.3 is 6.18 Å². The zero-order valence-corrected chi connectivity index (χ0v) is 16.9. The van der Waals surface area contributed by atoms with E-state index in [2.05, 4.69) is 10.6 Å². The first-order valence-electron chi connectivity index (χ1n) is 8.77. The van der Waals surface area contributed by atoms with Crippen molar-refractivity contribution in [1.29, 1.82) is 0 Å². The molecule has 2 amide bonds. The molecule has 0 radical (unpaired) electrons. The molecular weight excluding hydrogens is 425 g/mol. The highest BCUT2D eigenvalue weighted by Gasteiger charge is 2.29. The Morgan fingerprint density at radius 1 is 1.13 bits per heavy atom. The molecule has 0 aliphatic carbocycles. The van der Waals surface area contributed by atoms with Gasteiger partial charge in [0.15, 0.2) is 6.61 Å². The largest absolute Gasteiger partial charge is 0.497 e. The first-order valence-corrected chi connectivity index (χ1v) is 9.15. The summed E-state index contributed by atoms with van der Waals surface area (Å²) in [5.41, 5.74) is 0.647. The van der Waals surface area contributed by atoms with Crippen molar-refractivity contribution in [2.24, 2.45) is 0 Å². The summed E-state index contributed by atoms with van der Waals surface area (Å²) >= 11 is 5.89. The second kappa shape index (κ2) is 10.2. The van der Waals surface area contributed by atoms with Crippen LogP contribution < -0.4 is 20.1 Å². The lowest BCUT2D eigenvalue weighted by Gasteiger charge is -2.19. The molecule has 1 atom stereocenters. The van der Waals surface area contributed by atoms with Crippen LogP contribution in [0.15, 0.2) is 42.5 Å². The van der Waals surface area contributed by atoms with Gasteiger partial charge in [0.05, 0.1) is 25.3 Å². The smallest absolute Gasteiger partial charge is 0.422 e. The van der Waals surface area contributed by atoms with Gasteiger partial charge in [0, 0.05) is 11.9 Å². The monoisotopic (exact) mass is 444 g/mol. The fourth-order valence-corrected chi connectivity index (χ4v) is 2.78. The molecule has 0 heterocycles. The van der Waals surface area contributed by atoms with E-state index in [-0.39, 0.29) is 28.8 Å². The number of benzene rings is 2. The molecule has 1 unspecified atom stereocenters. The van der Waals surface area contributed by atoms with Crippen LogP contribution in [-0.2, 0) is 9.59 Å². The van der Waals surface area contributed by atoms with Gasteiger partial charge in [-0.3, -0.25) is 9.59 Å². The number of methoxy groups -OCH3 is 1. The predicted octanol–water partition coefficient (Wildman–Crippen LogP) is 4.50. The van der Waals surface area contributed by atoms with Crippen LogP contribution in [0, 0.1) is 0 Å². The number of rotatable bonds is 8. The molecular formula is C20H20ClF3N2O4. The molecule has 0 saturated heterocycles. The van der Waals surface area contributed by atoms with Crippen molar-refractivity contribution in [3.63, 3.8) is 0 Å². The SMILES string of the molecule is COc1ccc(C(CC(=O)Nc2cc(Cl)ccc2OCC(F)(F)F)NC(C)=O)cc1. The van der Waals surface area contributed by atoms with Crippen LogP contribution in [0.25, 0.3) is 0 Å². The van der Waals surface area contributed by atoms with E-state index in [0.717, 1.165) is 0 Å². The molecule has 162 valence electrons. The van der Waals surface area contributed by atoms with E-state index in [1.807, 2.05) is 0 Å². The number of amides is 2. The van der Waals surface area contributed by atoms with Gasteiger partial charge in [-0.2, -0.15) is 13.2 Å². The molecule has 0 aliphatic rings. The summed E-state index contributed by atoms with van der Waals surface area (Å²) < 4.78 is 47.2. The molecule has 0 bridgehead atoms. The molecule has 6 nitrogen and oxygen atoms in total. The Bertz CT molecular complexity index is 889. The number of carbonyl (C=O) groups excluding carboxylic acids is 2. The second-order valence-electron chi connectivity index (χ2n) is 6.32. The number of hydrogen-bond acceptors (Lipinski definition) is 4. The predicted molar refractivity (Wildman–Crippen MR) is 106 cm³/mol. The third kappa shape index (κ3) is 7.47. The fourth-order valence-electron chi connectivity index (χ4n) is 2.61. The number of anilines is 1. The number of hydrogen-bond donors (Lipinski definition) is 2. The molecule has 0 fully saturated rings. The molecule has 2 N–H and O–H groups in total. The van der Waals surface area contributed by atoms with E-state index in [0.29, 0.717) is 11.3 Å². The van der Waals surface area contributed by atoms with Crippen LogP contribution in [-0.4, -0.2) is 31.7 Å². The number of alkyl halides is 3. The molecule has 0 saturated carbocycles. The normalized spacial score (nSPS) is 12.1. The Labute approximate surface area is 176 Å². The number of ether oxygens (including phenoxy) is 2. The minimum absolute atomic E-state index is 0.00643. The van der Waals surface area contributed by atoms with Crippen LogP contribution in [0.4, 0.5) is 18.9 Å². The Hall–Kier alpha value is -2.94. The summed E-state index contributed by atoms with van der Waals surface area (Å²) in [5, 5.41) is 5.37. The van der Waals surface area contributed by atoms with E-state index < -0.39 is 24.7 Å².